The molecule has 0 aliphatic heterocycles. The fraction of sp³-hybridized carbons (Fsp3) is 0.412. The van der Waals surface area contributed by atoms with Crippen molar-refractivity contribution in [1.82, 2.24) is 9.88 Å². The number of fused-ring (bicyclic) bond motifs is 1. The quantitative estimate of drug-likeness (QED) is 0.878. The zero-order chi connectivity index (χ0) is 17.4. The van der Waals surface area contributed by atoms with Crippen molar-refractivity contribution in [3.8, 4) is 0 Å². The van der Waals surface area contributed by atoms with Crippen molar-refractivity contribution in [2.24, 2.45) is 13.0 Å². The second-order valence-corrected chi connectivity index (χ2v) is 6.71. The number of carbonyl (C=O) groups is 2. The van der Waals surface area contributed by atoms with Gasteiger partial charge in [0.25, 0.3) is 5.91 Å². The van der Waals surface area contributed by atoms with E-state index in [0.717, 1.165) is 10.9 Å². The number of aryl methyl sites for hydroxylation is 1. The van der Waals surface area contributed by atoms with Gasteiger partial charge in [-0.3, -0.25) is 9.59 Å². The Balaban J connectivity index is 2.43. The summed E-state index contributed by atoms with van der Waals surface area (Å²) in [5.74, 6) is -1.37. The lowest BCUT2D eigenvalue weighted by molar-refractivity contribution is -0.138. The van der Waals surface area contributed by atoms with Crippen LogP contribution >= 0.6 is 11.6 Å². The molecule has 0 spiro atoms. The van der Waals surface area contributed by atoms with Gasteiger partial charge in [-0.05, 0) is 18.9 Å². The van der Waals surface area contributed by atoms with E-state index in [1.165, 1.54) is 0 Å². The van der Waals surface area contributed by atoms with Gasteiger partial charge in [-0.1, -0.05) is 43.6 Å². The number of hydrogen-bond donors (Lipinski definition) is 2. The maximum Gasteiger partial charge on any atom is 0.305 e. The van der Waals surface area contributed by atoms with Crippen molar-refractivity contribution in [2.75, 3.05) is 0 Å². The number of nitrogens with zero attached hydrogens (tertiary/aromatic N) is 1. The van der Waals surface area contributed by atoms with Crippen LogP contribution in [0, 0.1) is 5.92 Å². The highest BCUT2D eigenvalue weighted by molar-refractivity contribution is 6.38. The van der Waals surface area contributed by atoms with Crippen molar-refractivity contribution in [2.45, 2.75) is 32.7 Å². The number of rotatable bonds is 5. The maximum absolute atomic E-state index is 12.7. The van der Waals surface area contributed by atoms with Gasteiger partial charge in [0.05, 0.1) is 17.0 Å². The van der Waals surface area contributed by atoms with Crippen LogP contribution in [-0.2, 0) is 11.8 Å². The molecule has 0 aliphatic rings. The van der Waals surface area contributed by atoms with Crippen LogP contribution in [0.4, 0.5) is 0 Å². The molecule has 2 rings (SSSR count). The number of aliphatic carboxylic acids is 1. The minimum absolute atomic E-state index is 0.0454. The lowest BCUT2D eigenvalue weighted by atomic mass is 9.85. The van der Waals surface area contributed by atoms with E-state index in [1.54, 1.807) is 18.5 Å². The van der Waals surface area contributed by atoms with E-state index < -0.39 is 11.5 Å². The molecule has 0 radical (unpaired) electrons. The zero-order valence-electron chi connectivity index (χ0n) is 13.7. The summed E-state index contributed by atoms with van der Waals surface area (Å²) < 4.78 is 1.73. The van der Waals surface area contributed by atoms with Crippen molar-refractivity contribution in [3.05, 3.63) is 35.0 Å². The molecular formula is C17H21ClN2O3. The van der Waals surface area contributed by atoms with Gasteiger partial charge in [-0.25, -0.2) is 0 Å². The third-order valence-electron chi connectivity index (χ3n) is 4.45. The number of halogens is 1. The van der Waals surface area contributed by atoms with Gasteiger partial charge in [0.1, 0.15) is 5.69 Å². The summed E-state index contributed by atoms with van der Waals surface area (Å²) in [4.78, 5) is 23.9. The molecule has 1 aromatic carbocycles. The predicted molar refractivity (Wildman–Crippen MR) is 90.9 cm³/mol. The first-order valence-corrected chi connectivity index (χ1v) is 7.82. The van der Waals surface area contributed by atoms with Crippen molar-refractivity contribution >= 4 is 34.4 Å². The van der Waals surface area contributed by atoms with Gasteiger partial charge in [-0.15, -0.1) is 0 Å². The minimum Gasteiger partial charge on any atom is -0.481 e. The molecule has 2 N–H and O–H groups in total. The molecule has 0 saturated heterocycles. The highest BCUT2D eigenvalue weighted by atomic mass is 35.5. The summed E-state index contributed by atoms with van der Waals surface area (Å²) in [5, 5.41) is 13.2. The smallest absolute Gasteiger partial charge is 0.305 e. The van der Waals surface area contributed by atoms with Crippen LogP contribution in [0.25, 0.3) is 10.9 Å². The molecule has 1 unspecified atom stereocenters. The molecule has 1 atom stereocenters. The van der Waals surface area contributed by atoms with Crippen LogP contribution in [0.3, 0.4) is 0 Å². The third kappa shape index (κ3) is 3.20. The summed E-state index contributed by atoms with van der Waals surface area (Å²) >= 11 is 6.37. The number of para-hydroxylation sites is 1. The molecular weight excluding hydrogens is 316 g/mol. The Kier molecular flexibility index (Phi) is 4.71. The Morgan fingerprint density at radius 1 is 1.35 bits per heavy atom. The SMILES string of the molecule is CC(C)C(C)(CC(=O)O)NC(=O)c1c(Cl)c2ccccc2n1C. The van der Waals surface area contributed by atoms with Gasteiger partial charge < -0.3 is 15.0 Å². The molecule has 0 saturated carbocycles. The number of carboxylic acids is 1. The molecule has 0 bridgehead atoms. The molecule has 2 aromatic rings. The van der Waals surface area contributed by atoms with Crippen LogP contribution in [0.1, 0.15) is 37.7 Å². The molecule has 6 heteroatoms. The Morgan fingerprint density at radius 3 is 2.48 bits per heavy atom. The number of benzene rings is 1. The van der Waals surface area contributed by atoms with E-state index in [0.29, 0.717) is 10.7 Å². The first-order valence-electron chi connectivity index (χ1n) is 7.44. The highest BCUT2D eigenvalue weighted by Crippen LogP contribution is 2.31. The predicted octanol–water partition coefficient (Wildman–Crippen LogP) is 3.45. The fourth-order valence-electron chi connectivity index (χ4n) is 2.62. The van der Waals surface area contributed by atoms with Gasteiger partial charge in [-0.2, -0.15) is 0 Å². The normalized spacial score (nSPS) is 14.0. The van der Waals surface area contributed by atoms with Crippen LogP contribution < -0.4 is 5.32 Å². The second kappa shape index (κ2) is 6.24. The largest absolute Gasteiger partial charge is 0.481 e. The second-order valence-electron chi connectivity index (χ2n) is 6.34. The Hall–Kier alpha value is -2.01. The van der Waals surface area contributed by atoms with Crippen LogP contribution in [0.5, 0.6) is 0 Å². The maximum atomic E-state index is 12.7. The number of carbonyl (C=O) groups excluding carboxylic acids is 1. The first-order chi connectivity index (χ1) is 10.7. The van der Waals surface area contributed by atoms with Crippen molar-refractivity contribution in [3.63, 3.8) is 0 Å². The number of aromatic nitrogens is 1. The van der Waals surface area contributed by atoms with Crippen LogP contribution in [-0.4, -0.2) is 27.1 Å². The molecule has 0 aliphatic carbocycles. The molecule has 23 heavy (non-hydrogen) atoms. The minimum atomic E-state index is -0.954. The van der Waals surface area contributed by atoms with E-state index in [9.17, 15) is 9.59 Å². The summed E-state index contributed by atoms with van der Waals surface area (Å²) in [7, 11) is 1.77. The van der Waals surface area contributed by atoms with E-state index in [2.05, 4.69) is 5.32 Å². The molecule has 124 valence electrons. The molecule has 1 heterocycles. The fourth-order valence-corrected chi connectivity index (χ4v) is 3.00. The highest BCUT2D eigenvalue weighted by Gasteiger charge is 2.34. The average Bonchev–Trinajstić information content (AvgIpc) is 2.70. The lowest BCUT2D eigenvalue weighted by Crippen LogP contribution is -2.51. The van der Waals surface area contributed by atoms with E-state index in [1.807, 2.05) is 38.1 Å². The van der Waals surface area contributed by atoms with E-state index in [4.69, 9.17) is 16.7 Å². The molecule has 5 nitrogen and oxygen atoms in total. The monoisotopic (exact) mass is 336 g/mol. The van der Waals surface area contributed by atoms with Gasteiger partial charge in [0.15, 0.2) is 0 Å². The summed E-state index contributed by atoms with van der Waals surface area (Å²) in [5.41, 5.74) is 0.333. The summed E-state index contributed by atoms with van der Waals surface area (Å²) in [6.45, 7) is 5.50. The van der Waals surface area contributed by atoms with Crippen LogP contribution in [0.2, 0.25) is 5.02 Å². The first kappa shape index (κ1) is 17.3. The zero-order valence-corrected chi connectivity index (χ0v) is 14.4. The molecule has 1 aromatic heterocycles. The van der Waals surface area contributed by atoms with Gasteiger partial charge in [0.2, 0.25) is 0 Å². The van der Waals surface area contributed by atoms with Gasteiger partial charge in [0, 0.05) is 18.0 Å². The number of nitrogens with one attached hydrogen (secondary N) is 1. The Bertz CT molecular complexity index is 728. The average molecular weight is 337 g/mol. The topological polar surface area (TPSA) is 71.3 Å². The Labute approximate surface area is 140 Å². The number of carboxylic acid groups (broad SMARTS) is 1. The van der Waals surface area contributed by atoms with Gasteiger partial charge >= 0.3 is 5.97 Å². The lowest BCUT2D eigenvalue weighted by Gasteiger charge is -2.33. The van der Waals surface area contributed by atoms with Crippen molar-refractivity contribution in [1.29, 1.82) is 0 Å². The van der Waals surface area contributed by atoms with Crippen LogP contribution in [0.15, 0.2) is 24.3 Å². The number of hydrogen-bond acceptors (Lipinski definition) is 2. The molecule has 1 amide bonds. The standard InChI is InChI=1S/C17H21ClN2O3/c1-10(2)17(3,9-13(21)22)19-16(23)15-14(18)11-7-5-6-8-12(11)20(15)4/h5-8,10H,9H2,1-4H3,(H,19,23)(H,21,22). The molecule has 0 fully saturated rings. The third-order valence-corrected chi connectivity index (χ3v) is 4.83. The van der Waals surface area contributed by atoms with Crippen molar-refractivity contribution < 1.29 is 14.7 Å². The number of amides is 1. The van der Waals surface area contributed by atoms with E-state index >= 15 is 0 Å². The summed E-state index contributed by atoms with van der Waals surface area (Å²) in [6.07, 6.45) is -0.155. The van der Waals surface area contributed by atoms with E-state index in [-0.39, 0.29) is 18.2 Å². The Morgan fingerprint density at radius 2 is 1.96 bits per heavy atom. The summed E-state index contributed by atoms with van der Waals surface area (Å²) in [6, 6.07) is 7.48.